The van der Waals surface area contributed by atoms with Gasteiger partial charge in [-0.3, -0.25) is 4.90 Å². The molecular formula is C53H53FN6O9S. The zero-order valence-corrected chi connectivity index (χ0v) is 40.0. The Morgan fingerprint density at radius 3 is 2.37 bits per heavy atom. The lowest BCUT2D eigenvalue weighted by Gasteiger charge is -2.34. The molecule has 15 nitrogen and oxygen atoms in total. The lowest BCUT2D eigenvalue weighted by molar-refractivity contribution is -0.145. The molecule has 11 rings (SSSR count). The molecule has 4 bridgehead atoms. The number of ether oxygens (including phenoxy) is 7. The summed E-state index contributed by atoms with van der Waals surface area (Å²) in [5.74, 6) is 0.415. The topological polar surface area (TPSA) is 160 Å². The quantitative estimate of drug-likeness (QED) is 0.133. The summed E-state index contributed by atoms with van der Waals surface area (Å²) in [5.41, 5.74) is 6.83. The Bertz CT molecular complexity index is 2940. The molecule has 17 heteroatoms. The molecule has 1 N–H and O–H groups in total. The number of aliphatic carboxylic acids is 1. The molecule has 7 aromatic rings. The molecule has 70 heavy (non-hydrogen) atoms. The van der Waals surface area contributed by atoms with E-state index < -0.39 is 12.1 Å². The van der Waals surface area contributed by atoms with Gasteiger partial charge in [-0.05, 0) is 115 Å². The number of thiophene rings is 1. The van der Waals surface area contributed by atoms with Gasteiger partial charge in [0, 0.05) is 55.1 Å². The molecule has 2 fully saturated rings. The standard InChI is InChI=1S/C53H53FN6O9S/c1-32-21-41-22-33(2)46(32)47-48-50(69-45(52(61)62)24-34-5-4-6-40(23-34)66-29-42(68-41)26-60-17-15-59(3)16-18-60)57-53(58-51(48)70-49(47)36-7-11-37(54)12-8-36)67-27-38-25-44(56-31-55-38)35-9-13-39(14-10-35)65-30-43-28-63-19-20-64-43/h4-14,21-23,25,31,42-43,45H,15-20,24,26-30H2,1-3H3,(H,61,62)/t42?,43-,45?/m1/s1. The van der Waals surface area contributed by atoms with Crippen LogP contribution in [-0.4, -0.2) is 132 Å². The number of rotatable bonds is 11. The number of aryl methyl sites for hydroxylation is 2. The number of hydrogen-bond acceptors (Lipinski definition) is 15. The van der Waals surface area contributed by atoms with Crippen molar-refractivity contribution in [1.29, 1.82) is 0 Å². The average Bonchev–Trinajstić information content (AvgIpc) is 3.74. The molecule has 3 atom stereocenters. The third-order valence-corrected chi connectivity index (χ3v) is 13.7. The molecule has 4 aliphatic heterocycles. The van der Waals surface area contributed by atoms with Gasteiger partial charge in [0.05, 0.1) is 36.6 Å². The molecule has 4 aliphatic rings. The van der Waals surface area contributed by atoms with E-state index in [2.05, 4.69) is 26.8 Å². The Balaban J connectivity index is 1.02. The van der Waals surface area contributed by atoms with Crippen molar-refractivity contribution in [3.63, 3.8) is 0 Å². The minimum atomic E-state index is -1.38. The maximum Gasteiger partial charge on any atom is 0.345 e. The van der Waals surface area contributed by atoms with Crippen LogP contribution in [0.4, 0.5) is 4.39 Å². The van der Waals surface area contributed by atoms with Crippen molar-refractivity contribution in [2.75, 3.05) is 72.8 Å². The van der Waals surface area contributed by atoms with Crippen LogP contribution in [0.2, 0.25) is 0 Å². The van der Waals surface area contributed by atoms with E-state index in [0.717, 1.165) is 64.4 Å². The van der Waals surface area contributed by atoms with Crippen LogP contribution < -0.4 is 23.7 Å². The number of carbonyl (C=O) groups is 1. The van der Waals surface area contributed by atoms with E-state index in [1.165, 1.54) is 29.8 Å². The highest BCUT2D eigenvalue weighted by molar-refractivity contribution is 7.22. The Labute approximate surface area is 408 Å². The molecule has 362 valence electrons. The SMILES string of the molecule is Cc1cc2cc(C)c1-c1c(-c3ccc(F)cc3)sc3nc(OCc4cc(-c5ccc(OC[C@H]6COCCO6)cc5)ncn4)nc(c13)OC(C(=O)O)Cc1cccc(c1)OCC(CN1CCN(C)CC1)O2. The van der Waals surface area contributed by atoms with Crippen LogP contribution in [0, 0.1) is 19.7 Å². The summed E-state index contributed by atoms with van der Waals surface area (Å²) in [7, 11) is 2.13. The first kappa shape index (κ1) is 46.9. The molecule has 0 spiro atoms. The van der Waals surface area contributed by atoms with Gasteiger partial charge in [-0.1, -0.05) is 24.3 Å². The van der Waals surface area contributed by atoms with Gasteiger partial charge in [0.2, 0.25) is 12.0 Å². The molecule has 0 radical (unpaired) electrons. The molecule has 0 aliphatic carbocycles. The van der Waals surface area contributed by atoms with Crippen LogP contribution in [0.3, 0.4) is 0 Å². The van der Waals surface area contributed by atoms with Gasteiger partial charge in [-0.2, -0.15) is 9.97 Å². The van der Waals surface area contributed by atoms with E-state index in [1.807, 2.05) is 80.6 Å². The maximum absolute atomic E-state index is 14.5. The van der Waals surface area contributed by atoms with Crippen molar-refractivity contribution in [3.05, 3.63) is 126 Å². The number of likely N-dealkylation sites (N-methyl/N-ethyl adjacent to an activating group) is 1. The Hall–Kier alpha value is -6.76. The van der Waals surface area contributed by atoms with E-state index in [0.29, 0.717) is 77.4 Å². The first-order valence-electron chi connectivity index (χ1n) is 23.4. The van der Waals surface area contributed by atoms with E-state index in [-0.39, 0.29) is 49.6 Å². The minimum absolute atomic E-state index is 0.00714. The molecular weight excluding hydrogens is 916 g/mol. The number of nitrogens with zero attached hydrogens (tertiary/aromatic N) is 6. The molecule has 4 aromatic carbocycles. The molecule has 2 saturated heterocycles. The fraction of sp³-hybridized carbons (Fsp3) is 0.340. The van der Waals surface area contributed by atoms with Crippen LogP contribution in [0.25, 0.3) is 43.0 Å². The van der Waals surface area contributed by atoms with Crippen LogP contribution >= 0.6 is 11.3 Å². The summed E-state index contributed by atoms with van der Waals surface area (Å²) in [6, 6.07) is 27.0. The van der Waals surface area contributed by atoms with Crippen molar-refractivity contribution in [2.24, 2.45) is 0 Å². The maximum atomic E-state index is 14.5. The van der Waals surface area contributed by atoms with Gasteiger partial charge in [0.25, 0.3) is 0 Å². The molecule has 3 aromatic heterocycles. The number of fused-ring (bicyclic) bond motifs is 7. The largest absolute Gasteiger partial charge is 0.491 e. The number of piperazine rings is 1. The second-order valence-electron chi connectivity index (χ2n) is 17.8. The Morgan fingerprint density at radius 1 is 0.829 bits per heavy atom. The number of halogens is 1. The first-order chi connectivity index (χ1) is 34.1. The van der Waals surface area contributed by atoms with Gasteiger partial charge in [0.15, 0.2) is 0 Å². The molecule has 0 amide bonds. The summed E-state index contributed by atoms with van der Waals surface area (Å²) in [5, 5.41) is 11.3. The molecule has 7 heterocycles. The number of aromatic nitrogens is 4. The lowest BCUT2D eigenvalue weighted by Crippen LogP contribution is -2.49. The van der Waals surface area contributed by atoms with Gasteiger partial charge in [-0.25, -0.2) is 19.2 Å². The summed E-state index contributed by atoms with van der Waals surface area (Å²) in [4.78, 5) is 37.9. The van der Waals surface area contributed by atoms with Crippen molar-refractivity contribution in [2.45, 2.75) is 45.2 Å². The number of carboxylic acids is 1. The zero-order chi connectivity index (χ0) is 48.1. The van der Waals surface area contributed by atoms with Crippen molar-refractivity contribution in [3.8, 4) is 62.0 Å². The second-order valence-corrected chi connectivity index (χ2v) is 18.8. The van der Waals surface area contributed by atoms with E-state index >= 15 is 0 Å². The number of hydrogen-bond donors (Lipinski definition) is 1. The third kappa shape index (κ3) is 11.0. The Morgan fingerprint density at radius 2 is 1.61 bits per heavy atom. The van der Waals surface area contributed by atoms with E-state index in [4.69, 9.17) is 43.1 Å². The molecule has 2 unspecified atom stereocenters. The van der Waals surface area contributed by atoms with Crippen LogP contribution in [0.15, 0.2) is 97.3 Å². The predicted octanol–water partition coefficient (Wildman–Crippen LogP) is 8.07. The van der Waals surface area contributed by atoms with Crippen LogP contribution in [0.5, 0.6) is 29.1 Å². The normalized spacial score (nSPS) is 18.9. The van der Waals surface area contributed by atoms with E-state index in [1.54, 1.807) is 12.1 Å². The fourth-order valence-corrected chi connectivity index (χ4v) is 10.1. The predicted molar refractivity (Wildman–Crippen MR) is 262 cm³/mol. The van der Waals surface area contributed by atoms with Crippen LogP contribution in [-0.2, 0) is 27.3 Å². The highest BCUT2D eigenvalue weighted by atomic mass is 32.1. The summed E-state index contributed by atoms with van der Waals surface area (Å²) in [6.07, 6.45) is -0.358. The summed E-state index contributed by atoms with van der Waals surface area (Å²) in [6.45, 7) is 10.7. The van der Waals surface area contributed by atoms with Gasteiger partial charge >= 0.3 is 12.0 Å². The second kappa shape index (κ2) is 21.1. The van der Waals surface area contributed by atoms with Gasteiger partial charge in [0.1, 0.15) is 66.3 Å². The van der Waals surface area contributed by atoms with E-state index in [9.17, 15) is 14.3 Å². The smallest absolute Gasteiger partial charge is 0.345 e. The highest BCUT2D eigenvalue weighted by Crippen LogP contribution is 2.50. The summed E-state index contributed by atoms with van der Waals surface area (Å²) < 4.78 is 57.7. The Kier molecular flexibility index (Phi) is 14.1. The fourth-order valence-electron chi connectivity index (χ4n) is 8.96. The first-order valence-corrected chi connectivity index (χ1v) is 24.2. The van der Waals surface area contributed by atoms with Gasteiger partial charge in [-0.15, -0.1) is 11.3 Å². The zero-order valence-electron chi connectivity index (χ0n) is 39.1. The van der Waals surface area contributed by atoms with Crippen molar-refractivity contribution >= 4 is 27.5 Å². The number of carboxylic acid groups (broad SMARTS) is 1. The third-order valence-electron chi connectivity index (χ3n) is 12.5. The minimum Gasteiger partial charge on any atom is -0.491 e. The summed E-state index contributed by atoms with van der Waals surface area (Å²) >= 11 is 1.36. The van der Waals surface area contributed by atoms with Gasteiger partial charge < -0.3 is 43.2 Å². The highest BCUT2D eigenvalue weighted by Gasteiger charge is 2.30. The number of benzene rings is 4. The van der Waals surface area contributed by atoms with Crippen molar-refractivity contribution < 1.29 is 47.4 Å². The van der Waals surface area contributed by atoms with Crippen LogP contribution in [0.1, 0.15) is 22.4 Å². The van der Waals surface area contributed by atoms with Crippen molar-refractivity contribution in [1.82, 2.24) is 29.7 Å². The average molecular weight is 969 g/mol. The molecule has 0 saturated carbocycles. The monoisotopic (exact) mass is 968 g/mol. The lowest BCUT2D eigenvalue weighted by atomic mass is 9.92.